The largest absolute Gasteiger partial charge is 0.441 e. The van der Waals surface area contributed by atoms with E-state index in [-0.39, 0.29) is 12.2 Å². The fourth-order valence-electron chi connectivity index (χ4n) is 1.41. The van der Waals surface area contributed by atoms with Crippen LogP contribution in [0.15, 0.2) is 24.3 Å². The van der Waals surface area contributed by atoms with Crippen LogP contribution in [0.3, 0.4) is 0 Å². The summed E-state index contributed by atoms with van der Waals surface area (Å²) in [5.74, 6) is -0.250. The van der Waals surface area contributed by atoms with Crippen molar-refractivity contribution in [3.05, 3.63) is 29.8 Å². The molecular formula is C12H16N2O2. The number of benzene rings is 1. The summed E-state index contributed by atoms with van der Waals surface area (Å²) in [4.78, 5) is 15.6. The van der Waals surface area contributed by atoms with Crippen molar-refractivity contribution in [1.29, 1.82) is 0 Å². The zero-order valence-corrected chi connectivity index (χ0v) is 9.80. The van der Waals surface area contributed by atoms with Gasteiger partial charge in [-0.2, -0.15) is 0 Å². The standard InChI is InChI=1S/C12H16N2O2/c1-13(2)10-6-4-9(5-7-10)12(15)16-11-8-14(11)3/h4-7,11H,8H2,1-3H3. The Labute approximate surface area is 95.4 Å². The van der Waals surface area contributed by atoms with Crippen LogP contribution in [-0.4, -0.2) is 44.8 Å². The Morgan fingerprint density at radius 3 is 2.38 bits per heavy atom. The molecule has 0 saturated carbocycles. The maximum absolute atomic E-state index is 11.7. The third-order valence-electron chi connectivity index (χ3n) is 2.66. The van der Waals surface area contributed by atoms with Gasteiger partial charge in [-0.3, -0.25) is 4.90 Å². The van der Waals surface area contributed by atoms with Crippen LogP contribution in [0.1, 0.15) is 10.4 Å². The fourth-order valence-corrected chi connectivity index (χ4v) is 1.41. The van der Waals surface area contributed by atoms with Crippen molar-refractivity contribution in [1.82, 2.24) is 4.90 Å². The quantitative estimate of drug-likeness (QED) is 0.565. The number of anilines is 1. The number of carbonyl (C=O) groups is 1. The summed E-state index contributed by atoms with van der Waals surface area (Å²) in [5.41, 5.74) is 1.67. The molecule has 0 radical (unpaired) electrons. The first kappa shape index (κ1) is 11.0. The van der Waals surface area contributed by atoms with E-state index in [9.17, 15) is 4.79 Å². The number of rotatable bonds is 3. The predicted molar refractivity (Wildman–Crippen MR) is 62.6 cm³/mol. The molecular weight excluding hydrogens is 204 g/mol. The summed E-state index contributed by atoms with van der Waals surface area (Å²) >= 11 is 0. The van der Waals surface area contributed by atoms with Crippen molar-refractivity contribution in [3.63, 3.8) is 0 Å². The Hall–Kier alpha value is -1.55. The molecule has 0 aromatic heterocycles. The lowest BCUT2D eigenvalue weighted by Crippen LogP contribution is -2.11. The van der Waals surface area contributed by atoms with Gasteiger partial charge in [-0.05, 0) is 31.3 Å². The van der Waals surface area contributed by atoms with Gasteiger partial charge in [0.1, 0.15) is 0 Å². The summed E-state index contributed by atoms with van der Waals surface area (Å²) in [6.07, 6.45) is -0.0268. The smallest absolute Gasteiger partial charge is 0.339 e. The summed E-state index contributed by atoms with van der Waals surface area (Å²) in [5, 5.41) is 0. The highest BCUT2D eigenvalue weighted by atomic mass is 16.6. The highest BCUT2D eigenvalue weighted by molar-refractivity contribution is 5.90. The topological polar surface area (TPSA) is 32.6 Å². The van der Waals surface area contributed by atoms with E-state index in [0.29, 0.717) is 5.56 Å². The molecule has 4 heteroatoms. The van der Waals surface area contributed by atoms with Gasteiger partial charge in [-0.1, -0.05) is 0 Å². The Kier molecular flexibility index (Phi) is 2.83. The molecule has 0 N–H and O–H groups in total. The number of ether oxygens (including phenoxy) is 1. The van der Waals surface area contributed by atoms with Crippen LogP contribution in [0.4, 0.5) is 5.69 Å². The SMILES string of the molecule is CN(C)c1ccc(C(=O)OC2CN2C)cc1. The zero-order valence-electron chi connectivity index (χ0n) is 9.80. The van der Waals surface area contributed by atoms with Crippen LogP contribution in [0.5, 0.6) is 0 Å². The normalized spacial score (nSPS) is 22.7. The first-order chi connectivity index (χ1) is 7.58. The highest BCUT2D eigenvalue weighted by Gasteiger charge is 2.33. The third kappa shape index (κ3) is 2.33. The molecule has 0 bridgehead atoms. The summed E-state index contributed by atoms with van der Waals surface area (Å²) < 4.78 is 5.23. The second-order valence-electron chi connectivity index (χ2n) is 4.24. The molecule has 1 saturated heterocycles. The maximum Gasteiger partial charge on any atom is 0.339 e. The average molecular weight is 220 g/mol. The molecule has 16 heavy (non-hydrogen) atoms. The van der Waals surface area contributed by atoms with Crippen molar-refractivity contribution >= 4 is 11.7 Å². The molecule has 1 heterocycles. The van der Waals surface area contributed by atoms with Crippen molar-refractivity contribution in [3.8, 4) is 0 Å². The first-order valence-electron chi connectivity index (χ1n) is 5.26. The maximum atomic E-state index is 11.7. The van der Waals surface area contributed by atoms with Crippen LogP contribution < -0.4 is 4.90 Å². The molecule has 0 amide bonds. The lowest BCUT2D eigenvalue weighted by molar-refractivity contribution is 0.0408. The molecule has 1 aliphatic rings. The van der Waals surface area contributed by atoms with E-state index in [4.69, 9.17) is 4.74 Å². The molecule has 2 atom stereocenters. The third-order valence-corrected chi connectivity index (χ3v) is 2.66. The van der Waals surface area contributed by atoms with Gasteiger partial charge in [-0.25, -0.2) is 4.79 Å². The Morgan fingerprint density at radius 1 is 1.38 bits per heavy atom. The summed E-state index contributed by atoms with van der Waals surface area (Å²) in [6, 6.07) is 7.40. The number of carbonyl (C=O) groups excluding carboxylic acids is 1. The average Bonchev–Trinajstić information content (AvgIpc) is 2.94. The van der Waals surface area contributed by atoms with Gasteiger partial charge in [0.25, 0.3) is 0 Å². The lowest BCUT2D eigenvalue weighted by atomic mass is 10.2. The number of hydrogen-bond acceptors (Lipinski definition) is 4. The van der Waals surface area contributed by atoms with Crippen molar-refractivity contribution in [2.75, 3.05) is 32.6 Å². The molecule has 86 valence electrons. The minimum absolute atomic E-state index is 0.0268. The monoisotopic (exact) mass is 220 g/mol. The Bertz CT molecular complexity index is 387. The number of likely N-dealkylation sites (N-methyl/N-ethyl adjacent to an activating group) is 1. The Morgan fingerprint density at radius 2 is 1.94 bits per heavy atom. The van der Waals surface area contributed by atoms with Gasteiger partial charge in [0.15, 0.2) is 6.23 Å². The van der Waals surface area contributed by atoms with E-state index < -0.39 is 0 Å². The molecule has 1 fully saturated rings. The van der Waals surface area contributed by atoms with Gasteiger partial charge >= 0.3 is 5.97 Å². The number of nitrogens with zero attached hydrogens (tertiary/aromatic N) is 2. The van der Waals surface area contributed by atoms with Crippen LogP contribution in [0.25, 0.3) is 0 Å². The zero-order chi connectivity index (χ0) is 11.7. The lowest BCUT2D eigenvalue weighted by Gasteiger charge is -2.12. The molecule has 1 aromatic carbocycles. The van der Waals surface area contributed by atoms with E-state index in [1.807, 2.05) is 43.1 Å². The van der Waals surface area contributed by atoms with Gasteiger partial charge in [-0.15, -0.1) is 0 Å². The molecule has 2 unspecified atom stereocenters. The van der Waals surface area contributed by atoms with Crippen LogP contribution in [0.2, 0.25) is 0 Å². The molecule has 2 rings (SSSR count). The van der Waals surface area contributed by atoms with Gasteiger partial charge in [0.05, 0.1) is 12.1 Å². The van der Waals surface area contributed by atoms with Gasteiger partial charge in [0.2, 0.25) is 0 Å². The molecule has 1 aliphatic heterocycles. The van der Waals surface area contributed by atoms with Gasteiger partial charge < -0.3 is 9.64 Å². The van der Waals surface area contributed by atoms with Gasteiger partial charge in [0, 0.05) is 19.8 Å². The molecule has 0 aliphatic carbocycles. The van der Waals surface area contributed by atoms with E-state index in [1.165, 1.54) is 0 Å². The predicted octanol–water partition coefficient (Wildman–Crippen LogP) is 1.18. The van der Waals surface area contributed by atoms with Crippen LogP contribution >= 0.6 is 0 Å². The van der Waals surface area contributed by atoms with Crippen molar-refractivity contribution in [2.45, 2.75) is 6.23 Å². The molecule has 4 nitrogen and oxygen atoms in total. The minimum atomic E-state index is -0.250. The summed E-state index contributed by atoms with van der Waals surface area (Å²) in [6.45, 7) is 0.835. The molecule has 0 spiro atoms. The number of esters is 1. The fraction of sp³-hybridized carbons (Fsp3) is 0.417. The Balaban J connectivity index is 2.00. The number of hydrogen-bond donors (Lipinski definition) is 0. The molecule has 1 aromatic rings. The van der Waals surface area contributed by atoms with E-state index in [2.05, 4.69) is 0 Å². The minimum Gasteiger partial charge on any atom is -0.441 e. The second kappa shape index (κ2) is 4.14. The first-order valence-corrected chi connectivity index (χ1v) is 5.26. The van der Waals surface area contributed by atoms with Crippen LogP contribution in [0, 0.1) is 0 Å². The van der Waals surface area contributed by atoms with E-state index in [0.717, 1.165) is 12.2 Å². The van der Waals surface area contributed by atoms with Crippen LogP contribution in [-0.2, 0) is 4.74 Å². The second-order valence-corrected chi connectivity index (χ2v) is 4.24. The highest BCUT2D eigenvalue weighted by Crippen LogP contribution is 2.18. The van der Waals surface area contributed by atoms with Crippen molar-refractivity contribution in [2.24, 2.45) is 0 Å². The van der Waals surface area contributed by atoms with E-state index >= 15 is 0 Å². The van der Waals surface area contributed by atoms with Crippen molar-refractivity contribution < 1.29 is 9.53 Å². The summed E-state index contributed by atoms with van der Waals surface area (Å²) in [7, 11) is 5.85. The van der Waals surface area contributed by atoms with E-state index in [1.54, 1.807) is 12.1 Å².